The van der Waals surface area contributed by atoms with Crippen LogP contribution in [0.2, 0.25) is 0 Å². The van der Waals surface area contributed by atoms with E-state index in [1.54, 1.807) is 0 Å². The van der Waals surface area contributed by atoms with Gasteiger partial charge < -0.3 is 5.32 Å². The zero-order chi connectivity index (χ0) is 13.2. The molecular weight excluding hydrogens is 236 g/mol. The summed E-state index contributed by atoms with van der Waals surface area (Å²) in [6, 6.07) is 4.06. The first-order chi connectivity index (χ1) is 9.29. The lowest BCUT2D eigenvalue weighted by atomic mass is 10.0. The Kier molecular flexibility index (Phi) is 3.25. The lowest BCUT2D eigenvalue weighted by Gasteiger charge is -2.18. The first-order valence-corrected chi connectivity index (χ1v) is 6.81. The van der Waals surface area contributed by atoms with Gasteiger partial charge in [0.2, 0.25) is 0 Å². The number of hydrogen-bond acceptors (Lipinski definition) is 4. The van der Waals surface area contributed by atoms with Gasteiger partial charge in [-0.15, -0.1) is 0 Å². The summed E-state index contributed by atoms with van der Waals surface area (Å²) in [4.78, 5) is 13.8. The van der Waals surface area contributed by atoms with Crippen LogP contribution < -0.4 is 5.32 Å². The van der Waals surface area contributed by atoms with Crippen LogP contribution in [0, 0.1) is 6.92 Å². The van der Waals surface area contributed by atoms with Gasteiger partial charge in [-0.05, 0) is 43.5 Å². The summed E-state index contributed by atoms with van der Waals surface area (Å²) in [6.45, 7) is 6.05. The summed E-state index contributed by atoms with van der Waals surface area (Å²) < 4.78 is 0. The van der Waals surface area contributed by atoms with Crippen LogP contribution in [0.15, 0.2) is 18.3 Å². The number of nitrogens with one attached hydrogen (secondary N) is 1. The lowest BCUT2D eigenvalue weighted by Crippen LogP contribution is -2.26. The van der Waals surface area contributed by atoms with Gasteiger partial charge in [0, 0.05) is 18.4 Å². The van der Waals surface area contributed by atoms with E-state index < -0.39 is 0 Å². The van der Waals surface area contributed by atoms with Crippen LogP contribution >= 0.6 is 0 Å². The number of hydrogen-bond donors (Lipinski definition) is 1. The molecule has 0 saturated heterocycles. The molecule has 0 unspecified atom stereocenters. The molecule has 4 nitrogen and oxygen atoms in total. The van der Waals surface area contributed by atoms with E-state index in [1.807, 2.05) is 12.3 Å². The van der Waals surface area contributed by atoms with Crippen molar-refractivity contribution in [2.45, 2.75) is 33.2 Å². The molecular formula is C15H18N4. The standard InChI is InChI=1S/C15H18N4/c1-3-11-5-4-7-17-14(11)15-18-10(2)12-6-8-16-9-13(12)19-15/h4-5,7,16H,3,6,8-9H2,1-2H3. The van der Waals surface area contributed by atoms with Crippen LogP contribution in [-0.2, 0) is 19.4 Å². The van der Waals surface area contributed by atoms with Crippen LogP contribution in [0.5, 0.6) is 0 Å². The first kappa shape index (κ1) is 12.2. The molecule has 3 heterocycles. The van der Waals surface area contributed by atoms with Crippen molar-refractivity contribution in [3.8, 4) is 11.5 Å². The molecule has 0 fully saturated rings. The summed E-state index contributed by atoms with van der Waals surface area (Å²) in [6.07, 6.45) is 3.77. The highest BCUT2D eigenvalue weighted by atomic mass is 15.0. The van der Waals surface area contributed by atoms with Gasteiger partial charge in [0.1, 0.15) is 5.69 Å². The van der Waals surface area contributed by atoms with Crippen molar-refractivity contribution < 1.29 is 0 Å². The molecule has 0 spiro atoms. The van der Waals surface area contributed by atoms with Crippen LogP contribution in [0.4, 0.5) is 0 Å². The summed E-state index contributed by atoms with van der Waals surface area (Å²) in [5, 5.41) is 3.36. The summed E-state index contributed by atoms with van der Waals surface area (Å²) in [5.74, 6) is 0.761. The molecule has 2 aromatic rings. The van der Waals surface area contributed by atoms with Crippen LogP contribution in [0.3, 0.4) is 0 Å². The predicted molar refractivity (Wildman–Crippen MR) is 74.8 cm³/mol. The van der Waals surface area contributed by atoms with E-state index in [-0.39, 0.29) is 0 Å². The molecule has 98 valence electrons. The normalized spacial score (nSPS) is 14.2. The van der Waals surface area contributed by atoms with E-state index >= 15 is 0 Å². The fourth-order valence-electron chi connectivity index (χ4n) is 2.58. The van der Waals surface area contributed by atoms with E-state index in [0.717, 1.165) is 48.8 Å². The van der Waals surface area contributed by atoms with Crippen molar-refractivity contribution in [2.75, 3.05) is 6.54 Å². The number of aryl methyl sites for hydroxylation is 2. The lowest BCUT2D eigenvalue weighted by molar-refractivity contribution is 0.619. The molecule has 0 amide bonds. The summed E-state index contributed by atoms with van der Waals surface area (Å²) >= 11 is 0. The molecule has 3 rings (SSSR count). The van der Waals surface area contributed by atoms with Crippen LogP contribution in [-0.4, -0.2) is 21.5 Å². The average Bonchev–Trinajstić information content (AvgIpc) is 2.47. The maximum absolute atomic E-state index is 4.72. The van der Waals surface area contributed by atoms with Crippen molar-refractivity contribution in [1.29, 1.82) is 0 Å². The molecule has 1 N–H and O–H groups in total. The van der Waals surface area contributed by atoms with Gasteiger partial charge in [-0.2, -0.15) is 0 Å². The number of rotatable bonds is 2. The van der Waals surface area contributed by atoms with Crippen molar-refractivity contribution >= 4 is 0 Å². The number of aromatic nitrogens is 3. The van der Waals surface area contributed by atoms with Gasteiger partial charge in [0.25, 0.3) is 0 Å². The first-order valence-electron chi connectivity index (χ1n) is 6.81. The van der Waals surface area contributed by atoms with Gasteiger partial charge in [-0.25, -0.2) is 9.97 Å². The van der Waals surface area contributed by atoms with Crippen molar-refractivity contribution in [3.05, 3.63) is 40.8 Å². The Balaban J connectivity index is 2.13. The third-order valence-corrected chi connectivity index (χ3v) is 3.63. The van der Waals surface area contributed by atoms with Gasteiger partial charge in [0.05, 0.1) is 5.69 Å². The smallest absolute Gasteiger partial charge is 0.178 e. The van der Waals surface area contributed by atoms with Gasteiger partial charge >= 0.3 is 0 Å². The maximum Gasteiger partial charge on any atom is 0.178 e. The molecule has 1 aliphatic rings. The Morgan fingerprint density at radius 2 is 2.21 bits per heavy atom. The Morgan fingerprint density at radius 1 is 1.32 bits per heavy atom. The Bertz CT molecular complexity index is 607. The summed E-state index contributed by atoms with van der Waals surface area (Å²) in [7, 11) is 0. The monoisotopic (exact) mass is 254 g/mol. The maximum atomic E-state index is 4.72. The Hall–Kier alpha value is -1.81. The quantitative estimate of drug-likeness (QED) is 0.891. The highest BCUT2D eigenvalue weighted by Crippen LogP contribution is 2.22. The molecule has 1 aliphatic heterocycles. The molecule has 0 bridgehead atoms. The highest BCUT2D eigenvalue weighted by molar-refractivity contribution is 5.55. The van der Waals surface area contributed by atoms with Crippen molar-refractivity contribution in [2.24, 2.45) is 0 Å². The zero-order valence-electron chi connectivity index (χ0n) is 11.4. The van der Waals surface area contributed by atoms with Crippen molar-refractivity contribution in [3.63, 3.8) is 0 Å². The minimum absolute atomic E-state index is 0.761. The fraction of sp³-hybridized carbons (Fsp3) is 0.400. The molecule has 0 aromatic carbocycles. The van der Waals surface area contributed by atoms with E-state index in [4.69, 9.17) is 4.98 Å². The number of pyridine rings is 1. The van der Waals surface area contributed by atoms with Crippen LogP contribution in [0.25, 0.3) is 11.5 Å². The molecule has 0 aliphatic carbocycles. The minimum atomic E-state index is 0.761. The number of fused-ring (bicyclic) bond motifs is 1. The summed E-state index contributed by atoms with van der Waals surface area (Å²) in [5.41, 5.74) is 5.64. The van der Waals surface area contributed by atoms with Gasteiger partial charge in [-0.3, -0.25) is 4.98 Å². The zero-order valence-corrected chi connectivity index (χ0v) is 11.4. The molecule has 2 aromatic heterocycles. The molecule has 19 heavy (non-hydrogen) atoms. The SMILES string of the molecule is CCc1cccnc1-c1nc(C)c2c(n1)CNCC2. The topological polar surface area (TPSA) is 50.7 Å². The largest absolute Gasteiger partial charge is 0.311 e. The molecule has 0 atom stereocenters. The van der Waals surface area contributed by atoms with E-state index in [1.165, 1.54) is 11.1 Å². The third kappa shape index (κ3) is 2.24. The third-order valence-electron chi connectivity index (χ3n) is 3.63. The molecule has 0 saturated carbocycles. The molecule has 0 radical (unpaired) electrons. The second-order valence-corrected chi connectivity index (χ2v) is 4.85. The van der Waals surface area contributed by atoms with Crippen molar-refractivity contribution in [1.82, 2.24) is 20.3 Å². The Labute approximate surface area is 113 Å². The second kappa shape index (κ2) is 5.05. The van der Waals surface area contributed by atoms with Gasteiger partial charge in [0.15, 0.2) is 5.82 Å². The fourth-order valence-corrected chi connectivity index (χ4v) is 2.58. The van der Waals surface area contributed by atoms with E-state index in [0.29, 0.717) is 0 Å². The predicted octanol–water partition coefficient (Wildman–Crippen LogP) is 2.06. The van der Waals surface area contributed by atoms with E-state index in [2.05, 4.69) is 35.2 Å². The number of nitrogens with zero attached hydrogens (tertiary/aromatic N) is 3. The Morgan fingerprint density at radius 3 is 3.05 bits per heavy atom. The highest BCUT2D eigenvalue weighted by Gasteiger charge is 2.17. The van der Waals surface area contributed by atoms with E-state index in [9.17, 15) is 0 Å². The minimum Gasteiger partial charge on any atom is -0.311 e. The van der Waals surface area contributed by atoms with Crippen LogP contribution in [0.1, 0.15) is 29.4 Å². The molecule has 4 heteroatoms. The second-order valence-electron chi connectivity index (χ2n) is 4.85. The van der Waals surface area contributed by atoms with Gasteiger partial charge in [-0.1, -0.05) is 13.0 Å². The average molecular weight is 254 g/mol.